The Bertz CT molecular complexity index is 1310. The lowest BCUT2D eigenvalue weighted by atomic mass is 10.1. The van der Waals surface area contributed by atoms with Gasteiger partial charge in [0, 0.05) is 37.9 Å². The Kier molecular flexibility index (Phi) is 6.43. The number of aromatic nitrogens is 5. The van der Waals surface area contributed by atoms with E-state index < -0.39 is 6.04 Å². The number of likely N-dealkylation sites (N-methyl/N-ethyl adjacent to an activating group) is 1. The molecule has 4 aromatic rings. The third-order valence-electron chi connectivity index (χ3n) is 6.21. The number of benzene rings is 1. The molecule has 5 rings (SSSR count). The molecule has 1 saturated heterocycles. The van der Waals surface area contributed by atoms with E-state index in [-0.39, 0.29) is 18.3 Å². The SMILES string of the molecule is Cc1cn[nH]c1Nc1nc(C(NC(=O)CN2CCN(C)CC2)c2ccc(F)cc2)nn2cccc12. The van der Waals surface area contributed by atoms with Crippen LogP contribution in [0.5, 0.6) is 0 Å². The highest BCUT2D eigenvalue weighted by molar-refractivity contribution is 5.79. The van der Waals surface area contributed by atoms with E-state index in [1.807, 2.05) is 25.3 Å². The zero-order valence-electron chi connectivity index (χ0n) is 19.7. The number of fused-ring (bicyclic) bond motifs is 1. The Labute approximate surface area is 202 Å². The fourth-order valence-corrected chi connectivity index (χ4v) is 4.13. The second-order valence-corrected chi connectivity index (χ2v) is 8.84. The van der Waals surface area contributed by atoms with Crippen LogP contribution in [-0.2, 0) is 4.79 Å². The molecule has 1 aliphatic rings. The van der Waals surface area contributed by atoms with E-state index in [1.54, 1.807) is 22.8 Å². The molecular formula is C24H28FN9O. The molecule has 0 bridgehead atoms. The summed E-state index contributed by atoms with van der Waals surface area (Å²) < 4.78 is 15.4. The van der Waals surface area contributed by atoms with E-state index in [1.165, 1.54) is 12.1 Å². The van der Waals surface area contributed by atoms with Crippen LogP contribution >= 0.6 is 0 Å². The molecule has 11 heteroatoms. The maximum atomic E-state index is 13.7. The molecule has 1 aliphatic heterocycles. The molecule has 1 aromatic carbocycles. The molecule has 1 amide bonds. The smallest absolute Gasteiger partial charge is 0.235 e. The van der Waals surface area contributed by atoms with Crippen LogP contribution in [-0.4, -0.2) is 80.3 Å². The maximum absolute atomic E-state index is 13.7. The summed E-state index contributed by atoms with van der Waals surface area (Å²) in [6.45, 7) is 5.70. The lowest BCUT2D eigenvalue weighted by Crippen LogP contribution is -2.48. The predicted octanol–water partition coefficient (Wildman–Crippen LogP) is 2.10. The molecule has 1 atom stereocenters. The first-order valence-electron chi connectivity index (χ1n) is 11.5. The molecule has 3 N–H and O–H groups in total. The Hall–Kier alpha value is -3.83. The van der Waals surface area contributed by atoms with E-state index in [0.717, 1.165) is 43.1 Å². The van der Waals surface area contributed by atoms with E-state index in [4.69, 9.17) is 4.98 Å². The molecule has 4 heterocycles. The van der Waals surface area contributed by atoms with Crippen molar-refractivity contribution in [3.63, 3.8) is 0 Å². The van der Waals surface area contributed by atoms with E-state index >= 15 is 0 Å². The number of amides is 1. The van der Waals surface area contributed by atoms with Crippen LogP contribution in [0.15, 0.2) is 48.8 Å². The zero-order valence-corrected chi connectivity index (χ0v) is 19.7. The van der Waals surface area contributed by atoms with Gasteiger partial charge < -0.3 is 15.5 Å². The van der Waals surface area contributed by atoms with Gasteiger partial charge in [0.25, 0.3) is 0 Å². The molecule has 35 heavy (non-hydrogen) atoms. The van der Waals surface area contributed by atoms with Crippen molar-refractivity contribution in [1.29, 1.82) is 0 Å². The van der Waals surface area contributed by atoms with Gasteiger partial charge in [0.05, 0.1) is 12.7 Å². The van der Waals surface area contributed by atoms with Crippen molar-refractivity contribution in [3.8, 4) is 0 Å². The zero-order chi connectivity index (χ0) is 24.4. The number of anilines is 2. The standard InChI is InChI=1S/C24H28FN9O/c1-16-14-26-30-22(16)28-23-19-4-3-9-34(19)31-24(29-23)21(17-5-7-18(25)8-6-17)27-20(35)15-33-12-10-32(2)11-13-33/h3-9,14,21H,10-13,15H2,1-2H3,(H,27,35)(H2,26,28,29,30,31). The second kappa shape index (κ2) is 9.80. The van der Waals surface area contributed by atoms with Crippen LogP contribution in [0.1, 0.15) is 23.0 Å². The van der Waals surface area contributed by atoms with Gasteiger partial charge in [-0.3, -0.25) is 14.8 Å². The molecule has 1 fully saturated rings. The molecule has 3 aromatic heterocycles. The fourth-order valence-electron chi connectivity index (χ4n) is 4.13. The van der Waals surface area contributed by atoms with Crippen LogP contribution in [0.2, 0.25) is 0 Å². The summed E-state index contributed by atoms with van der Waals surface area (Å²) in [5.74, 6) is 1.17. The Morgan fingerprint density at radius 2 is 1.94 bits per heavy atom. The monoisotopic (exact) mass is 477 g/mol. The summed E-state index contributed by atoms with van der Waals surface area (Å²) in [5, 5.41) is 18.0. The number of aromatic amines is 1. The van der Waals surface area contributed by atoms with Crippen molar-refractivity contribution in [2.75, 3.05) is 45.1 Å². The minimum Gasteiger partial charge on any atom is -0.341 e. The average molecular weight is 478 g/mol. The largest absolute Gasteiger partial charge is 0.341 e. The third-order valence-corrected chi connectivity index (χ3v) is 6.21. The first-order chi connectivity index (χ1) is 17.0. The van der Waals surface area contributed by atoms with Gasteiger partial charge in [-0.15, -0.1) is 5.10 Å². The number of hydrogen-bond acceptors (Lipinski definition) is 7. The van der Waals surface area contributed by atoms with Crippen molar-refractivity contribution in [3.05, 3.63) is 71.6 Å². The minimum absolute atomic E-state index is 0.140. The summed E-state index contributed by atoms with van der Waals surface area (Å²) in [6.07, 6.45) is 3.54. The van der Waals surface area contributed by atoms with Crippen LogP contribution in [0.3, 0.4) is 0 Å². The first-order valence-corrected chi connectivity index (χ1v) is 11.5. The number of piperazine rings is 1. The van der Waals surface area contributed by atoms with Gasteiger partial charge >= 0.3 is 0 Å². The van der Waals surface area contributed by atoms with Crippen molar-refractivity contribution in [2.45, 2.75) is 13.0 Å². The molecule has 10 nitrogen and oxygen atoms in total. The van der Waals surface area contributed by atoms with Gasteiger partial charge in [0.15, 0.2) is 11.6 Å². The quantitative estimate of drug-likeness (QED) is 0.374. The summed E-state index contributed by atoms with van der Waals surface area (Å²) in [7, 11) is 2.08. The fraction of sp³-hybridized carbons (Fsp3) is 0.333. The number of nitrogens with zero attached hydrogens (tertiary/aromatic N) is 6. The molecule has 0 radical (unpaired) electrons. The van der Waals surface area contributed by atoms with Gasteiger partial charge in [-0.2, -0.15) is 5.10 Å². The van der Waals surface area contributed by atoms with Crippen molar-refractivity contribution in [1.82, 2.24) is 39.9 Å². The number of H-pyrrole nitrogens is 1. The molecule has 0 aliphatic carbocycles. The van der Waals surface area contributed by atoms with E-state index in [9.17, 15) is 9.18 Å². The van der Waals surface area contributed by atoms with Crippen molar-refractivity contribution >= 4 is 23.1 Å². The highest BCUT2D eigenvalue weighted by atomic mass is 19.1. The number of carbonyl (C=O) groups is 1. The second-order valence-electron chi connectivity index (χ2n) is 8.84. The van der Waals surface area contributed by atoms with Crippen LogP contribution in [0.25, 0.3) is 5.52 Å². The summed E-state index contributed by atoms with van der Waals surface area (Å²) in [4.78, 5) is 22.2. The van der Waals surface area contributed by atoms with Gasteiger partial charge in [0.1, 0.15) is 23.2 Å². The third kappa shape index (κ3) is 5.15. The number of nitrogens with one attached hydrogen (secondary N) is 3. The molecule has 182 valence electrons. The number of aryl methyl sites for hydroxylation is 1. The van der Waals surface area contributed by atoms with Gasteiger partial charge in [0.2, 0.25) is 5.91 Å². The summed E-state index contributed by atoms with van der Waals surface area (Å²) in [6, 6.07) is 9.14. The molecule has 0 spiro atoms. The van der Waals surface area contributed by atoms with Gasteiger partial charge in [-0.25, -0.2) is 13.9 Å². The minimum atomic E-state index is -0.661. The number of halogens is 1. The molecule has 0 saturated carbocycles. The average Bonchev–Trinajstić information content (AvgIpc) is 3.49. The first kappa shape index (κ1) is 22.9. The normalized spacial score (nSPS) is 15.9. The summed E-state index contributed by atoms with van der Waals surface area (Å²) in [5.41, 5.74) is 2.39. The molecular weight excluding hydrogens is 449 g/mol. The van der Waals surface area contributed by atoms with E-state index in [0.29, 0.717) is 17.2 Å². The Balaban J connectivity index is 1.47. The number of hydrogen-bond donors (Lipinski definition) is 3. The number of rotatable bonds is 7. The summed E-state index contributed by atoms with van der Waals surface area (Å²) >= 11 is 0. The topological polar surface area (TPSA) is 106 Å². The predicted molar refractivity (Wildman–Crippen MR) is 130 cm³/mol. The highest BCUT2D eigenvalue weighted by Gasteiger charge is 2.24. The van der Waals surface area contributed by atoms with Gasteiger partial charge in [-0.05, 0) is 43.8 Å². The van der Waals surface area contributed by atoms with Gasteiger partial charge in [-0.1, -0.05) is 12.1 Å². The molecule has 1 unspecified atom stereocenters. The lowest BCUT2D eigenvalue weighted by Gasteiger charge is -2.32. The number of carbonyl (C=O) groups excluding carboxylic acids is 1. The highest BCUT2D eigenvalue weighted by Crippen LogP contribution is 2.25. The Morgan fingerprint density at radius 3 is 2.66 bits per heavy atom. The maximum Gasteiger partial charge on any atom is 0.235 e. The van der Waals surface area contributed by atoms with Crippen LogP contribution in [0, 0.1) is 12.7 Å². The van der Waals surface area contributed by atoms with Crippen LogP contribution < -0.4 is 10.6 Å². The Morgan fingerprint density at radius 1 is 1.17 bits per heavy atom. The van der Waals surface area contributed by atoms with Crippen molar-refractivity contribution < 1.29 is 9.18 Å². The van der Waals surface area contributed by atoms with Crippen molar-refractivity contribution in [2.24, 2.45) is 0 Å². The lowest BCUT2D eigenvalue weighted by molar-refractivity contribution is -0.123. The van der Waals surface area contributed by atoms with Crippen LogP contribution in [0.4, 0.5) is 16.0 Å². The van der Waals surface area contributed by atoms with E-state index in [2.05, 4.69) is 42.8 Å².